The summed E-state index contributed by atoms with van der Waals surface area (Å²) in [6.45, 7) is 2.95. The molecule has 0 unspecified atom stereocenters. The first-order chi connectivity index (χ1) is 8.59. The highest BCUT2D eigenvalue weighted by atomic mass is 32.1. The van der Waals surface area contributed by atoms with Gasteiger partial charge in [-0.1, -0.05) is 12.1 Å². The molecule has 0 N–H and O–H groups in total. The van der Waals surface area contributed by atoms with E-state index in [9.17, 15) is 9.59 Å². The summed E-state index contributed by atoms with van der Waals surface area (Å²) >= 11 is 4.31. The van der Waals surface area contributed by atoms with Gasteiger partial charge in [0.05, 0.1) is 5.56 Å². The van der Waals surface area contributed by atoms with Crippen LogP contribution in [0, 0.1) is 5.92 Å². The third-order valence-electron chi connectivity index (χ3n) is 3.49. The summed E-state index contributed by atoms with van der Waals surface area (Å²) in [4.78, 5) is 26.1. The molecule has 1 aromatic rings. The molecule has 4 heteroatoms. The molecule has 0 saturated carbocycles. The summed E-state index contributed by atoms with van der Waals surface area (Å²) in [5, 5.41) is 0. The molecule has 1 aliphatic heterocycles. The van der Waals surface area contributed by atoms with Gasteiger partial charge in [0.1, 0.15) is 5.78 Å². The lowest BCUT2D eigenvalue weighted by Crippen LogP contribution is -2.40. The van der Waals surface area contributed by atoms with Crippen LogP contribution in [-0.4, -0.2) is 29.7 Å². The zero-order valence-electron chi connectivity index (χ0n) is 10.4. The van der Waals surface area contributed by atoms with Crippen LogP contribution in [0.4, 0.5) is 0 Å². The third kappa shape index (κ3) is 2.75. The van der Waals surface area contributed by atoms with Crippen LogP contribution < -0.4 is 0 Å². The Morgan fingerprint density at radius 1 is 1.22 bits per heavy atom. The van der Waals surface area contributed by atoms with E-state index in [0.717, 1.165) is 12.8 Å². The lowest BCUT2D eigenvalue weighted by atomic mass is 9.93. The Hall–Kier alpha value is -1.29. The molecular weight excluding hydrogens is 246 g/mol. The van der Waals surface area contributed by atoms with Crippen molar-refractivity contribution in [1.82, 2.24) is 4.90 Å². The summed E-state index contributed by atoms with van der Waals surface area (Å²) in [6, 6.07) is 7.32. The minimum Gasteiger partial charge on any atom is -0.339 e. The van der Waals surface area contributed by atoms with E-state index in [2.05, 4.69) is 12.6 Å². The Labute approximate surface area is 113 Å². The van der Waals surface area contributed by atoms with Gasteiger partial charge in [-0.3, -0.25) is 9.59 Å². The van der Waals surface area contributed by atoms with Crippen LogP contribution in [0.1, 0.15) is 30.1 Å². The molecule has 96 valence electrons. The van der Waals surface area contributed by atoms with Crippen molar-refractivity contribution in [2.24, 2.45) is 5.92 Å². The lowest BCUT2D eigenvalue weighted by molar-refractivity contribution is -0.121. The molecule has 0 bridgehead atoms. The summed E-state index contributed by atoms with van der Waals surface area (Å²) in [5.74, 6) is 0.375. The average molecular weight is 263 g/mol. The van der Waals surface area contributed by atoms with Gasteiger partial charge in [0.25, 0.3) is 5.91 Å². The van der Waals surface area contributed by atoms with E-state index < -0.39 is 0 Å². The Balaban J connectivity index is 2.04. The van der Waals surface area contributed by atoms with Crippen molar-refractivity contribution in [3.63, 3.8) is 0 Å². The number of carbonyl (C=O) groups is 2. The molecule has 1 fully saturated rings. The van der Waals surface area contributed by atoms with Crippen molar-refractivity contribution < 1.29 is 9.59 Å². The molecule has 0 radical (unpaired) electrons. The van der Waals surface area contributed by atoms with Crippen molar-refractivity contribution in [2.75, 3.05) is 13.1 Å². The maximum absolute atomic E-state index is 12.3. The van der Waals surface area contributed by atoms with Crippen LogP contribution in [0.25, 0.3) is 0 Å². The number of amides is 1. The maximum Gasteiger partial charge on any atom is 0.254 e. The third-order valence-corrected chi connectivity index (χ3v) is 3.88. The molecule has 0 spiro atoms. The molecule has 1 saturated heterocycles. The topological polar surface area (TPSA) is 37.4 Å². The second-order valence-corrected chi connectivity index (χ2v) is 5.18. The molecule has 2 rings (SSSR count). The van der Waals surface area contributed by atoms with E-state index in [4.69, 9.17) is 0 Å². The smallest absolute Gasteiger partial charge is 0.254 e. The highest BCUT2D eigenvalue weighted by molar-refractivity contribution is 7.80. The number of piperidine rings is 1. The Bertz CT molecular complexity index is 465. The summed E-state index contributed by atoms with van der Waals surface area (Å²) < 4.78 is 0. The van der Waals surface area contributed by atoms with E-state index in [1.165, 1.54) is 0 Å². The zero-order valence-corrected chi connectivity index (χ0v) is 11.3. The minimum atomic E-state index is 0.0163. The van der Waals surface area contributed by atoms with Gasteiger partial charge in [-0.2, -0.15) is 0 Å². The van der Waals surface area contributed by atoms with Gasteiger partial charge in [-0.25, -0.2) is 0 Å². The Kier molecular flexibility index (Phi) is 4.07. The predicted molar refractivity (Wildman–Crippen MR) is 73.0 cm³/mol. The van der Waals surface area contributed by atoms with Crippen molar-refractivity contribution in [1.29, 1.82) is 0 Å². The van der Waals surface area contributed by atoms with Gasteiger partial charge in [0, 0.05) is 23.9 Å². The quantitative estimate of drug-likeness (QED) is 0.832. The van der Waals surface area contributed by atoms with Crippen molar-refractivity contribution in [2.45, 2.75) is 24.7 Å². The van der Waals surface area contributed by atoms with E-state index in [0.29, 0.717) is 23.5 Å². The van der Waals surface area contributed by atoms with Crippen molar-refractivity contribution in [3.05, 3.63) is 29.8 Å². The first-order valence-corrected chi connectivity index (χ1v) is 6.62. The van der Waals surface area contributed by atoms with Gasteiger partial charge in [0.15, 0.2) is 0 Å². The van der Waals surface area contributed by atoms with Crippen molar-refractivity contribution >= 4 is 24.3 Å². The number of benzene rings is 1. The van der Waals surface area contributed by atoms with Crippen LogP contribution in [0.15, 0.2) is 29.2 Å². The normalized spacial score (nSPS) is 16.7. The fourth-order valence-electron chi connectivity index (χ4n) is 2.31. The summed E-state index contributed by atoms with van der Waals surface area (Å²) in [5.41, 5.74) is 0.641. The van der Waals surface area contributed by atoms with Crippen LogP contribution >= 0.6 is 12.6 Å². The monoisotopic (exact) mass is 263 g/mol. The highest BCUT2D eigenvalue weighted by Crippen LogP contribution is 2.21. The number of ketones is 1. The second-order valence-electron chi connectivity index (χ2n) is 4.69. The minimum absolute atomic E-state index is 0.0163. The fourth-order valence-corrected chi connectivity index (χ4v) is 2.57. The maximum atomic E-state index is 12.3. The SMILES string of the molecule is CC(=O)C1CCN(C(=O)c2ccccc2S)CC1. The standard InChI is InChI=1S/C14H17NO2S/c1-10(16)11-6-8-15(9-7-11)14(17)12-4-2-3-5-13(12)18/h2-5,11,18H,6-9H2,1H3. The molecule has 0 aromatic heterocycles. The fraction of sp³-hybridized carbons (Fsp3) is 0.429. The van der Waals surface area contributed by atoms with Crippen LogP contribution in [0.2, 0.25) is 0 Å². The molecule has 1 aromatic carbocycles. The molecule has 0 atom stereocenters. The van der Waals surface area contributed by atoms with E-state index in [1.807, 2.05) is 23.1 Å². The van der Waals surface area contributed by atoms with Gasteiger partial charge in [0.2, 0.25) is 0 Å². The average Bonchev–Trinajstić information content (AvgIpc) is 2.38. The molecule has 18 heavy (non-hydrogen) atoms. The van der Waals surface area contributed by atoms with Crippen LogP contribution in [0.3, 0.4) is 0 Å². The van der Waals surface area contributed by atoms with E-state index in [-0.39, 0.29) is 17.6 Å². The Morgan fingerprint density at radius 2 is 1.83 bits per heavy atom. The van der Waals surface area contributed by atoms with E-state index in [1.54, 1.807) is 13.0 Å². The first kappa shape index (κ1) is 13.1. The molecule has 1 heterocycles. The molecule has 1 amide bonds. The van der Waals surface area contributed by atoms with Gasteiger partial charge in [-0.15, -0.1) is 12.6 Å². The highest BCUT2D eigenvalue weighted by Gasteiger charge is 2.26. The second kappa shape index (κ2) is 5.57. The zero-order chi connectivity index (χ0) is 13.1. The largest absolute Gasteiger partial charge is 0.339 e. The lowest BCUT2D eigenvalue weighted by Gasteiger charge is -2.31. The van der Waals surface area contributed by atoms with Crippen molar-refractivity contribution in [3.8, 4) is 0 Å². The number of carbonyl (C=O) groups excluding carboxylic acids is 2. The number of rotatable bonds is 2. The molecule has 3 nitrogen and oxygen atoms in total. The number of hydrogen-bond donors (Lipinski definition) is 1. The number of thiol groups is 1. The molecule has 1 aliphatic rings. The molecular formula is C14H17NO2S. The number of hydrogen-bond acceptors (Lipinski definition) is 3. The van der Waals surface area contributed by atoms with Gasteiger partial charge < -0.3 is 4.90 Å². The molecule has 0 aliphatic carbocycles. The predicted octanol–water partition coefficient (Wildman–Crippen LogP) is 2.42. The van der Waals surface area contributed by atoms with Gasteiger partial charge >= 0.3 is 0 Å². The number of nitrogens with zero attached hydrogens (tertiary/aromatic N) is 1. The van der Waals surface area contributed by atoms with Gasteiger partial charge in [-0.05, 0) is 31.9 Å². The number of likely N-dealkylation sites (tertiary alicyclic amines) is 1. The van der Waals surface area contributed by atoms with E-state index >= 15 is 0 Å². The number of Topliss-reactive ketones (excluding diaryl/α,β-unsaturated/α-hetero) is 1. The summed E-state index contributed by atoms with van der Waals surface area (Å²) in [7, 11) is 0. The van der Waals surface area contributed by atoms with Crippen LogP contribution in [-0.2, 0) is 4.79 Å². The first-order valence-electron chi connectivity index (χ1n) is 6.17. The summed E-state index contributed by atoms with van der Waals surface area (Å²) in [6.07, 6.45) is 1.55. The van der Waals surface area contributed by atoms with Crippen LogP contribution in [0.5, 0.6) is 0 Å². The Morgan fingerprint density at radius 3 is 2.39 bits per heavy atom.